The van der Waals surface area contributed by atoms with E-state index in [4.69, 9.17) is 20.8 Å². The fourth-order valence-electron chi connectivity index (χ4n) is 1.20. The molecule has 8 heteroatoms. The van der Waals surface area contributed by atoms with Crippen LogP contribution in [0.4, 0.5) is 0 Å². The molecule has 2 heterocycles. The zero-order valence-corrected chi connectivity index (χ0v) is 11.9. The molecule has 1 atom stereocenters. The van der Waals surface area contributed by atoms with Gasteiger partial charge in [0.15, 0.2) is 0 Å². The monoisotopic (exact) mass is 306 g/mol. The van der Waals surface area contributed by atoms with Gasteiger partial charge in [-0.1, -0.05) is 23.4 Å². The van der Waals surface area contributed by atoms with Gasteiger partial charge >= 0.3 is 0 Å². The van der Waals surface area contributed by atoms with Gasteiger partial charge in [-0.25, -0.2) is 0 Å². The van der Waals surface area contributed by atoms with Crippen molar-refractivity contribution in [3.8, 4) is 10.8 Å². The number of ether oxygens (including phenoxy) is 1. The van der Waals surface area contributed by atoms with Gasteiger partial charge in [-0.2, -0.15) is 0 Å². The number of thioether (sulfide) groups is 1. The van der Waals surface area contributed by atoms with Crippen LogP contribution in [-0.2, 0) is 4.74 Å². The minimum absolute atomic E-state index is 0.286. The lowest BCUT2D eigenvalue weighted by molar-refractivity contribution is 0.0793. The summed E-state index contributed by atoms with van der Waals surface area (Å²) in [6.07, 6.45) is -0.550. The van der Waals surface area contributed by atoms with Crippen molar-refractivity contribution in [1.29, 1.82) is 0 Å². The maximum absolute atomic E-state index is 9.49. The average molecular weight is 307 g/mol. The van der Waals surface area contributed by atoms with Crippen LogP contribution in [0.3, 0.4) is 0 Å². The maximum Gasteiger partial charge on any atom is 0.276 e. The van der Waals surface area contributed by atoms with Gasteiger partial charge in [-0.05, 0) is 12.1 Å². The third-order valence-corrected chi connectivity index (χ3v) is 4.13. The summed E-state index contributed by atoms with van der Waals surface area (Å²) in [6.45, 7) is 0.286. The van der Waals surface area contributed by atoms with Crippen LogP contribution in [0.15, 0.2) is 21.8 Å². The second-order valence-electron chi connectivity index (χ2n) is 3.40. The SMILES string of the molecule is COC[C@@H](O)CSc1nnc(-c2ccc(Cl)s2)o1. The van der Waals surface area contributed by atoms with Crippen molar-refractivity contribution in [3.63, 3.8) is 0 Å². The molecule has 0 spiro atoms. The number of hydrogen-bond acceptors (Lipinski definition) is 7. The fraction of sp³-hybridized carbons (Fsp3) is 0.400. The minimum atomic E-state index is -0.550. The Kier molecular flexibility index (Phi) is 5.02. The number of hydrogen-bond donors (Lipinski definition) is 1. The Balaban J connectivity index is 1.94. The lowest BCUT2D eigenvalue weighted by atomic mass is 10.4. The van der Waals surface area contributed by atoms with Gasteiger partial charge in [0.25, 0.3) is 11.1 Å². The molecular weight excluding hydrogens is 296 g/mol. The van der Waals surface area contributed by atoms with Crippen molar-refractivity contribution < 1.29 is 14.3 Å². The molecule has 0 bridgehead atoms. The van der Waals surface area contributed by atoms with Crippen LogP contribution < -0.4 is 0 Å². The Morgan fingerprint density at radius 1 is 1.56 bits per heavy atom. The predicted molar refractivity (Wildman–Crippen MR) is 71.2 cm³/mol. The van der Waals surface area contributed by atoms with E-state index in [-0.39, 0.29) is 6.61 Å². The van der Waals surface area contributed by atoms with Crippen LogP contribution in [0.5, 0.6) is 0 Å². The smallest absolute Gasteiger partial charge is 0.276 e. The number of nitrogens with zero attached hydrogens (tertiary/aromatic N) is 2. The molecule has 5 nitrogen and oxygen atoms in total. The van der Waals surface area contributed by atoms with E-state index in [0.717, 1.165) is 4.88 Å². The van der Waals surface area contributed by atoms with Crippen LogP contribution in [0.1, 0.15) is 0 Å². The van der Waals surface area contributed by atoms with Crippen LogP contribution >= 0.6 is 34.7 Å². The number of halogens is 1. The lowest BCUT2D eigenvalue weighted by Crippen LogP contribution is -2.16. The van der Waals surface area contributed by atoms with Crippen molar-refractivity contribution >= 4 is 34.7 Å². The zero-order valence-electron chi connectivity index (χ0n) is 9.50. The highest BCUT2D eigenvalue weighted by atomic mass is 35.5. The topological polar surface area (TPSA) is 68.4 Å². The molecular formula is C10H11ClN2O3S2. The summed E-state index contributed by atoms with van der Waals surface area (Å²) in [5.41, 5.74) is 0. The maximum atomic E-state index is 9.49. The van der Waals surface area contributed by atoms with Gasteiger partial charge in [0.1, 0.15) is 0 Å². The highest BCUT2D eigenvalue weighted by Crippen LogP contribution is 2.31. The summed E-state index contributed by atoms with van der Waals surface area (Å²) < 4.78 is 11.0. The first-order valence-electron chi connectivity index (χ1n) is 5.08. The predicted octanol–water partition coefficient (Wildman–Crippen LogP) is 2.55. The van der Waals surface area contributed by atoms with E-state index < -0.39 is 6.10 Å². The lowest BCUT2D eigenvalue weighted by Gasteiger charge is -2.05. The number of aliphatic hydroxyl groups excluding tert-OH is 1. The first kappa shape index (κ1) is 13.8. The van der Waals surface area contributed by atoms with E-state index in [1.165, 1.54) is 23.1 Å². The summed E-state index contributed by atoms with van der Waals surface area (Å²) in [5, 5.41) is 17.7. The first-order chi connectivity index (χ1) is 8.69. The molecule has 0 saturated carbocycles. The molecule has 2 aromatic rings. The highest BCUT2D eigenvalue weighted by molar-refractivity contribution is 7.99. The van der Waals surface area contributed by atoms with Crippen molar-refractivity contribution in [1.82, 2.24) is 10.2 Å². The fourth-order valence-corrected chi connectivity index (χ4v) is 2.84. The molecule has 1 N–H and O–H groups in total. The molecule has 0 amide bonds. The third kappa shape index (κ3) is 3.69. The zero-order chi connectivity index (χ0) is 13.0. The molecule has 0 saturated heterocycles. The van der Waals surface area contributed by atoms with Crippen molar-refractivity contribution in [3.05, 3.63) is 16.5 Å². The van der Waals surface area contributed by atoms with Gasteiger partial charge in [0.05, 0.1) is 21.9 Å². The number of aliphatic hydroxyl groups is 1. The number of methoxy groups -OCH3 is 1. The molecule has 0 fully saturated rings. The van der Waals surface area contributed by atoms with E-state index in [0.29, 0.717) is 21.2 Å². The minimum Gasteiger partial charge on any atom is -0.410 e. The average Bonchev–Trinajstić information content (AvgIpc) is 2.95. The van der Waals surface area contributed by atoms with Crippen LogP contribution in [0.25, 0.3) is 10.8 Å². The Morgan fingerprint density at radius 3 is 3.06 bits per heavy atom. The number of thiophene rings is 1. The van der Waals surface area contributed by atoms with Crippen molar-refractivity contribution in [2.24, 2.45) is 0 Å². The highest BCUT2D eigenvalue weighted by Gasteiger charge is 2.12. The van der Waals surface area contributed by atoms with Crippen LogP contribution in [0.2, 0.25) is 4.34 Å². The summed E-state index contributed by atoms with van der Waals surface area (Å²) in [6, 6.07) is 3.61. The Bertz CT molecular complexity index is 503. The van der Waals surface area contributed by atoms with E-state index in [9.17, 15) is 5.11 Å². The molecule has 18 heavy (non-hydrogen) atoms. The Hall–Kier alpha value is -0.600. The summed E-state index contributed by atoms with van der Waals surface area (Å²) in [7, 11) is 1.54. The van der Waals surface area contributed by atoms with E-state index >= 15 is 0 Å². The second kappa shape index (κ2) is 6.53. The standard InChI is InChI=1S/C10H11ClN2O3S2/c1-15-4-6(14)5-17-10-13-12-9(16-10)7-2-3-8(11)18-7/h2-3,6,14H,4-5H2,1H3/t6-/m1/s1. The summed E-state index contributed by atoms with van der Waals surface area (Å²) >= 11 is 8.50. The van der Waals surface area contributed by atoms with E-state index in [1.54, 1.807) is 13.2 Å². The molecule has 2 aromatic heterocycles. The molecule has 0 radical (unpaired) electrons. The van der Waals surface area contributed by atoms with Gasteiger partial charge < -0.3 is 14.3 Å². The second-order valence-corrected chi connectivity index (χ2v) is 6.08. The van der Waals surface area contributed by atoms with Crippen LogP contribution in [0, 0.1) is 0 Å². The summed E-state index contributed by atoms with van der Waals surface area (Å²) in [5.74, 6) is 0.886. The van der Waals surface area contributed by atoms with Crippen LogP contribution in [-0.4, -0.2) is 40.9 Å². The molecule has 0 aromatic carbocycles. The van der Waals surface area contributed by atoms with Gasteiger partial charge in [0.2, 0.25) is 0 Å². The van der Waals surface area contributed by atoms with Crippen molar-refractivity contribution in [2.75, 3.05) is 19.5 Å². The van der Waals surface area contributed by atoms with E-state index in [1.807, 2.05) is 6.07 Å². The largest absolute Gasteiger partial charge is 0.410 e. The van der Waals surface area contributed by atoms with Gasteiger partial charge in [-0.3, -0.25) is 0 Å². The molecule has 0 aliphatic heterocycles. The molecule has 2 rings (SSSR count). The Morgan fingerprint density at radius 2 is 2.39 bits per heavy atom. The number of aromatic nitrogens is 2. The first-order valence-corrected chi connectivity index (χ1v) is 7.26. The Labute approximate surface area is 117 Å². The van der Waals surface area contributed by atoms with Gasteiger partial charge in [0, 0.05) is 12.9 Å². The molecule has 0 aliphatic rings. The van der Waals surface area contributed by atoms with Crippen molar-refractivity contribution in [2.45, 2.75) is 11.3 Å². The molecule has 0 aliphatic carbocycles. The third-order valence-electron chi connectivity index (χ3n) is 1.95. The van der Waals surface area contributed by atoms with Gasteiger partial charge in [-0.15, -0.1) is 21.5 Å². The quantitative estimate of drug-likeness (QED) is 0.827. The van der Waals surface area contributed by atoms with E-state index in [2.05, 4.69) is 10.2 Å². The number of rotatable bonds is 6. The normalized spacial score (nSPS) is 12.8. The molecule has 0 unspecified atom stereocenters. The summed E-state index contributed by atoms with van der Waals surface area (Å²) in [4.78, 5) is 0.830. The molecule has 98 valence electrons.